The van der Waals surface area contributed by atoms with Crippen LogP contribution < -0.4 is 11.1 Å². The van der Waals surface area contributed by atoms with Gasteiger partial charge in [-0.15, -0.1) is 0 Å². The molecule has 8 aromatic heterocycles. The molecule has 634 valence electrons. The molecule has 0 radical (unpaired) electrons. The van der Waals surface area contributed by atoms with Gasteiger partial charge in [0.2, 0.25) is 0 Å². The van der Waals surface area contributed by atoms with Crippen LogP contribution in [0.1, 0.15) is 447 Å². The summed E-state index contributed by atoms with van der Waals surface area (Å²) in [7, 11) is 0. The van der Waals surface area contributed by atoms with Crippen molar-refractivity contribution in [2.45, 2.75) is 440 Å². The van der Waals surface area contributed by atoms with Crippen LogP contribution in [0.2, 0.25) is 0 Å². The molecule has 1 aliphatic rings. The summed E-state index contributed by atoms with van der Waals surface area (Å²) in [6.07, 6.45) is 71.8. The molecule has 8 aromatic rings. The number of nitrogens with zero attached hydrogens (tertiary/aromatic N) is 2. The fraction of sp³-hybridized carbons (Fsp3) is 0.686. The number of pyridine rings is 2. The van der Waals surface area contributed by atoms with Gasteiger partial charge in [0.25, 0.3) is 0 Å². The third-order valence-electron chi connectivity index (χ3n) is 25.3. The Bertz CT molecular complexity index is 3970. The molecule has 4 nitrogen and oxygen atoms in total. The predicted octanol–water partition coefficient (Wildman–Crippen LogP) is 29.6. The minimum Gasteiger partial charge on any atom is -0.0654 e. The fourth-order valence-electron chi connectivity index (χ4n) is 18.5. The van der Waals surface area contributed by atoms with Crippen molar-refractivity contribution in [1.29, 1.82) is 0 Å². The second kappa shape index (κ2) is 55.2. The molecule has 0 fully saturated rings. The molecule has 4 unspecified atom stereocenters. The summed E-state index contributed by atoms with van der Waals surface area (Å²) in [6, 6.07) is 22.4. The topological polar surface area (TPSA) is 44.0 Å². The monoisotopic (exact) mass is 1960 g/mol. The summed E-state index contributed by atoms with van der Waals surface area (Å²) in [4.78, 5) is 32.1. The first-order valence-electron chi connectivity index (χ1n) is 47.7. The van der Waals surface area contributed by atoms with E-state index in [2.05, 4.69) is 113 Å². The Morgan fingerprint density at radius 3 is 0.991 bits per heavy atom. The van der Waals surface area contributed by atoms with Gasteiger partial charge in [-0.05, 0) is 0 Å². The van der Waals surface area contributed by atoms with Gasteiger partial charge < -0.3 is 0 Å². The number of aryl methyl sites for hydroxylation is 6. The van der Waals surface area contributed by atoms with Gasteiger partial charge in [-0.3, -0.25) is 0 Å². The standard InChI is InChI=1S/C102H154F2N2O2Se6/c1-9-15-21-27-31-35-37-41-45-49-59-79(57-47-43-39-33-29-23-17-11-3)61-53-55-69-105-88-73-82(102(108)106(87(88)72-81(101(105)107)89-66-65-77(7)109-89)70-56-54-62-80(58-48-44-40-34-30-24-18-12-4)60-50-46-42-38-36-32-28-22-16-10-2)90-67-68-93(111-90)94-74-84-98(96-76-86(104)92(113-96)64-52-26-20-14-6)99-83(71-78(8)110-99)97(100(84)114-94)95-75-85(103)91(112-95)63-51-25-19-13-5/h65-68,71-76,79-80,97-98H,9-64,69-70H2,1-8H3. The average molecular weight is 1950 g/mol. The molecule has 114 heavy (non-hydrogen) atoms. The van der Waals surface area contributed by atoms with Crippen LogP contribution >= 0.6 is 0 Å². The van der Waals surface area contributed by atoms with E-state index in [1.54, 1.807) is 0 Å². The average Bonchev–Trinajstić information content (AvgIpc) is 1.48. The molecule has 0 amide bonds. The zero-order valence-electron chi connectivity index (χ0n) is 73.0. The molecule has 0 saturated heterocycles. The molecule has 0 aromatic carbocycles. The van der Waals surface area contributed by atoms with Gasteiger partial charge in [0.1, 0.15) is 0 Å². The summed E-state index contributed by atoms with van der Waals surface area (Å²) in [6.45, 7) is 19.6. The van der Waals surface area contributed by atoms with Crippen LogP contribution in [0.15, 0.2) is 70.3 Å². The fourth-order valence-corrected chi connectivity index (χ4v) is 34.2. The summed E-state index contributed by atoms with van der Waals surface area (Å²) in [5, 5.41) is 0. The molecule has 8 heterocycles. The van der Waals surface area contributed by atoms with Crippen LogP contribution in [0, 0.1) is 37.3 Å². The number of hydrogen-bond donors (Lipinski definition) is 0. The maximum absolute atomic E-state index is 16.5. The Balaban J connectivity index is 1.06. The van der Waals surface area contributed by atoms with Crippen molar-refractivity contribution in [3.8, 4) is 28.9 Å². The number of fused-ring (bicyclic) bond motifs is 3. The van der Waals surface area contributed by atoms with Crippen molar-refractivity contribution >= 4 is 98.1 Å². The molecule has 0 spiro atoms. The van der Waals surface area contributed by atoms with E-state index in [0.717, 1.165) is 116 Å². The molecule has 12 heteroatoms. The minimum absolute atomic E-state index is 0.0178. The van der Waals surface area contributed by atoms with Crippen molar-refractivity contribution in [3.63, 3.8) is 0 Å². The SMILES string of the molecule is CCCCCCCCCCCCC(CCCCCCCCCC)CCCCn1c(=O)c(-c2ccc(C)[se]2)cc2c1cc(-c1ccc(-c3cc4c([se]3)C(c3cc(F)c(CCCCCC)[se]3)c3cc(C)[se]c3C4c3cc(F)c(CCCCCC)[se]3)[se]1)c(=O)n2CCCCC(CCCCCCCCCC)CCCCCCCCCCCC. The zero-order chi connectivity index (χ0) is 80.5. The summed E-state index contributed by atoms with van der Waals surface area (Å²) in [5.74, 6) is 1.60. The second-order valence-electron chi connectivity index (χ2n) is 35.0. The van der Waals surface area contributed by atoms with Gasteiger partial charge in [-0.25, -0.2) is 0 Å². The van der Waals surface area contributed by atoms with Crippen LogP contribution in [0.3, 0.4) is 0 Å². The van der Waals surface area contributed by atoms with Crippen molar-refractivity contribution in [2.24, 2.45) is 11.8 Å². The first kappa shape index (κ1) is 95.8. The van der Waals surface area contributed by atoms with Gasteiger partial charge in [-0.1, -0.05) is 207 Å². The molecular weight excluding hydrogens is 1800 g/mol. The number of halogens is 2. The van der Waals surface area contributed by atoms with E-state index in [9.17, 15) is 0 Å². The quantitative estimate of drug-likeness (QED) is 0.0282. The predicted molar refractivity (Wildman–Crippen MR) is 499 cm³/mol. The zero-order valence-corrected chi connectivity index (χ0v) is 83.3. The van der Waals surface area contributed by atoms with E-state index in [1.807, 2.05) is 12.1 Å². The van der Waals surface area contributed by atoms with Crippen LogP contribution in [-0.2, 0) is 25.9 Å². The Labute approximate surface area is 729 Å². The Kier molecular flexibility index (Phi) is 46.4. The molecule has 1 aliphatic carbocycles. The van der Waals surface area contributed by atoms with Crippen molar-refractivity contribution < 1.29 is 8.78 Å². The Morgan fingerprint density at radius 2 is 0.623 bits per heavy atom. The van der Waals surface area contributed by atoms with Gasteiger partial charge in [0.05, 0.1) is 0 Å². The maximum atomic E-state index is 16.5. The third kappa shape index (κ3) is 30.8. The summed E-state index contributed by atoms with van der Waals surface area (Å²) in [5.41, 5.74) is 6.42. The minimum atomic E-state index is -0.179. The molecule has 0 aliphatic heterocycles. The first-order valence-corrected chi connectivity index (χ1v) is 58.0. The van der Waals surface area contributed by atoms with Gasteiger partial charge in [-0.2, -0.15) is 0 Å². The Hall–Kier alpha value is -1.98. The van der Waals surface area contributed by atoms with Crippen LogP contribution in [0.25, 0.3) is 39.9 Å². The molecule has 0 bridgehead atoms. The number of aromatic nitrogens is 2. The van der Waals surface area contributed by atoms with Gasteiger partial charge >= 0.3 is 529 Å². The number of hydrogen-bond acceptors (Lipinski definition) is 2. The van der Waals surface area contributed by atoms with E-state index in [-0.39, 0.29) is 122 Å². The summed E-state index contributed by atoms with van der Waals surface area (Å²) >= 11 is -0.166. The summed E-state index contributed by atoms with van der Waals surface area (Å²) < 4.78 is 52.7. The number of rotatable bonds is 65. The van der Waals surface area contributed by atoms with Gasteiger partial charge in [0, 0.05) is 0 Å². The van der Waals surface area contributed by atoms with E-state index >= 15 is 18.4 Å². The van der Waals surface area contributed by atoms with E-state index in [1.165, 1.54) is 342 Å². The Morgan fingerprint density at radius 1 is 0.307 bits per heavy atom. The van der Waals surface area contributed by atoms with Crippen molar-refractivity contribution in [3.05, 3.63) is 140 Å². The third-order valence-corrected chi connectivity index (χ3v) is 40.7. The van der Waals surface area contributed by atoms with Crippen LogP contribution in [0.5, 0.6) is 0 Å². The van der Waals surface area contributed by atoms with E-state index in [0.29, 0.717) is 13.1 Å². The second-order valence-corrected chi connectivity index (χ2v) is 49.9. The van der Waals surface area contributed by atoms with Crippen LogP contribution in [0.4, 0.5) is 8.78 Å². The molecular formula is C102H154F2N2O2Se6. The normalized spacial score (nSPS) is 14.2. The van der Waals surface area contributed by atoms with Crippen molar-refractivity contribution in [2.75, 3.05) is 0 Å². The van der Waals surface area contributed by atoms with E-state index < -0.39 is 0 Å². The number of unbranched alkanes of at least 4 members (excludes halogenated alkanes) is 40. The van der Waals surface area contributed by atoms with Crippen molar-refractivity contribution in [1.82, 2.24) is 9.13 Å². The van der Waals surface area contributed by atoms with E-state index in [4.69, 9.17) is 0 Å². The van der Waals surface area contributed by atoms with Crippen LogP contribution in [-0.4, -0.2) is 96.2 Å². The van der Waals surface area contributed by atoms with Gasteiger partial charge in [0.15, 0.2) is 0 Å². The molecule has 0 N–H and O–H groups in total. The molecule has 0 saturated carbocycles. The first-order chi connectivity index (χ1) is 55.9. The smallest absolute Gasteiger partial charge is 0.0654 e. The molecule has 9 rings (SSSR count). The molecule has 4 atom stereocenters.